The SMILES string of the molecule is C=Cc1ccc(-c2ccc(C#N)c(F)c2F)cc1. The van der Waals surface area contributed by atoms with E-state index in [4.69, 9.17) is 5.26 Å². The standard InChI is InChI=1S/C15H9F2N/c1-2-10-3-5-11(6-4-10)13-8-7-12(9-18)14(16)15(13)17/h2-8H,1H2. The van der Waals surface area contributed by atoms with Gasteiger partial charge in [-0.25, -0.2) is 8.78 Å². The second kappa shape index (κ2) is 4.80. The van der Waals surface area contributed by atoms with Crippen LogP contribution in [0, 0.1) is 23.0 Å². The van der Waals surface area contributed by atoms with E-state index in [-0.39, 0.29) is 11.1 Å². The molecule has 18 heavy (non-hydrogen) atoms. The maximum absolute atomic E-state index is 13.8. The van der Waals surface area contributed by atoms with Crippen LogP contribution in [0.25, 0.3) is 17.2 Å². The van der Waals surface area contributed by atoms with Crippen molar-refractivity contribution < 1.29 is 8.78 Å². The van der Waals surface area contributed by atoms with E-state index < -0.39 is 11.6 Å². The van der Waals surface area contributed by atoms with Crippen molar-refractivity contribution in [3.8, 4) is 17.2 Å². The fraction of sp³-hybridized carbons (Fsp3) is 0. The minimum atomic E-state index is -1.11. The van der Waals surface area contributed by atoms with Crippen molar-refractivity contribution in [2.24, 2.45) is 0 Å². The van der Waals surface area contributed by atoms with E-state index in [1.165, 1.54) is 12.1 Å². The molecule has 0 bridgehead atoms. The Morgan fingerprint density at radius 3 is 2.22 bits per heavy atom. The van der Waals surface area contributed by atoms with Gasteiger partial charge in [-0.15, -0.1) is 0 Å². The summed E-state index contributed by atoms with van der Waals surface area (Å²) in [5, 5.41) is 8.60. The zero-order valence-electron chi connectivity index (χ0n) is 9.45. The Labute approximate surface area is 104 Å². The lowest BCUT2D eigenvalue weighted by atomic mass is 10.0. The zero-order valence-corrected chi connectivity index (χ0v) is 9.45. The Balaban J connectivity index is 2.54. The molecule has 0 radical (unpaired) electrons. The summed E-state index contributed by atoms with van der Waals surface area (Å²) in [5.41, 5.74) is 1.30. The number of hydrogen-bond acceptors (Lipinski definition) is 1. The highest BCUT2D eigenvalue weighted by Crippen LogP contribution is 2.26. The van der Waals surface area contributed by atoms with Crippen LogP contribution in [0.2, 0.25) is 0 Å². The van der Waals surface area contributed by atoms with Gasteiger partial charge in [-0.1, -0.05) is 36.9 Å². The quantitative estimate of drug-likeness (QED) is 0.774. The molecular formula is C15H9F2N. The zero-order chi connectivity index (χ0) is 13.1. The number of hydrogen-bond donors (Lipinski definition) is 0. The summed E-state index contributed by atoms with van der Waals surface area (Å²) in [6.45, 7) is 3.62. The van der Waals surface area contributed by atoms with Gasteiger partial charge in [0.15, 0.2) is 11.6 Å². The third-order valence-electron chi connectivity index (χ3n) is 2.66. The molecule has 0 unspecified atom stereocenters. The van der Waals surface area contributed by atoms with Crippen molar-refractivity contribution >= 4 is 6.08 Å². The monoisotopic (exact) mass is 241 g/mol. The molecule has 88 valence electrons. The van der Waals surface area contributed by atoms with E-state index >= 15 is 0 Å². The Bertz CT molecular complexity index is 637. The molecule has 0 aliphatic rings. The van der Waals surface area contributed by atoms with Gasteiger partial charge in [0.1, 0.15) is 6.07 Å². The lowest BCUT2D eigenvalue weighted by molar-refractivity contribution is 0.509. The predicted molar refractivity (Wildman–Crippen MR) is 66.6 cm³/mol. The smallest absolute Gasteiger partial charge is 0.177 e. The molecule has 3 heteroatoms. The topological polar surface area (TPSA) is 23.8 Å². The first-order chi connectivity index (χ1) is 8.67. The third-order valence-corrected chi connectivity index (χ3v) is 2.66. The summed E-state index contributed by atoms with van der Waals surface area (Å²) < 4.78 is 27.3. The van der Waals surface area contributed by atoms with Crippen LogP contribution >= 0.6 is 0 Å². The molecule has 0 aliphatic carbocycles. The third kappa shape index (κ3) is 2.01. The second-order valence-corrected chi connectivity index (χ2v) is 3.73. The summed E-state index contributed by atoms with van der Waals surface area (Å²) in [6.07, 6.45) is 1.67. The van der Waals surface area contributed by atoms with Crippen LogP contribution in [0.3, 0.4) is 0 Å². The lowest BCUT2D eigenvalue weighted by Gasteiger charge is -2.05. The van der Waals surface area contributed by atoms with Crippen LogP contribution in [-0.4, -0.2) is 0 Å². The van der Waals surface area contributed by atoms with Crippen molar-refractivity contribution in [2.45, 2.75) is 0 Å². The highest BCUT2D eigenvalue weighted by molar-refractivity contribution is 5.67. The molecule has 0 aliphatic heterocycles. The van der Waals surface area contributed by atoms with Gasteiger partial charge < -0.3 is 0 Å². The van der Waals surface area contributed by atoms with Gasteiger partial charge in [0.25, 0.3) is 0 Å². The first-order valence-electron chi connectivity index (χ1n) is 5.28. The minimum Gasteiger partial charge on any atom is -0.203 e. The van der Waals surface area contributed by atoms with Crippen LogP contribution < -0.4 is 0 Å². The fourth-order valence-electron chi connectivity index (χ4n) is 1.66. The van der Waals surface area contributed by atoms with Gasteiger partial charge in [-0.2, -0.15) is 5.26 Å². The van der Waals surface area contributed by atoms with Crippen LogP contribution in [-0.2, 0) is 0 Å². The van der Waals surface area contributed by atoms with E-state index in [2.05, 4.69) is 6.58 Å². The van der Waals surface area contributed by atoms with Crippen molar-refractivity contribution in [1.29, 1.82) is 5.26 Å². The van der Waals surface area contributed by atoms with E-state index in [9.17, 15) is 8.78 Å². The molecule has 2 aromatic carbocycles. The van der Waals surface area contributed by atoms with Crippen molar-refractivity contribution in [3.05, 3.63) is 65.7 Å². The molecule has 0 amide bonds. The number of halogens is 2. The van der Waals surface area contributed by atoms with Gasteiger partial charge in [0, 0.05) is 5.56 Å². The fourth-order valence-corrected chi connectivity index (χ4v) is 1.66. The average Bonchev–Trinajstić information content (AvgIpc) is 2.42. The summed E-state index contributed by atoms with van der Waals surface area (Å²) in [6, 6.07) is 11.2. The predicted octanol–water partition coefficient (Wildman–Crippen LogP) is 4.15. The van der Waals surface area contributed by atoms with Gasteiger partial charge in [0.05, 0.1) is 5.56 Å². The second-order valence-electron chi connectivity index (χ2n) is 3.73. The Morgan fingerprint density at radius 2 is 1.67 bits per heavy atom. The number of benzene rings is 2. The Morgan fingerprint density at radius 1 is 1.00 bits per heavy atom. The highest BCUT2D eigenvalue weighted by Gasteiger charge is 2.14. The van der Waals surface area contributed by atoms with Crippen molar-refractivity contribution in [3.63, 3.8) is 0 Å². The Kier molecular flexibility index (Phi) is 3.20. The van der Waals surface area contributed by atoms with E-state index in [1.807, 2.05) is 0 Å². The summed E-state index contributed by atoms with van der Waals surface area (Å²) in [4.78, 5) is 0. The summed E-state index contributed by atoms with van der Waals surface area (Å²) in [7, 11) is 0. The van der Waals surface area contributed by atoms with Crippen molar-refractivity contribution in [1.82, 2.24) is 0 Å². The van der Waals surface area contributed by atoms with Crippen LogP contribution in [0.5, 0.6) is 0 Å². The number of nitrogens with zero attached hydrogens (tertiary/aromatic N) is 1. The molecule has 0 saturated carbocycles. The van der Waals surface area contributed by atoms with E-state index in [0.29, 0.717) is 5.56 Å². The number of nitriles is 1. The first-order valence-corrected chi connectivity index (χ1v) is 5.28. The van der Waals surface area contributed by atoms with Gasteiger partial charge >= 0.3 is 0 Å². The number of rotatable bonds is 2. The molecule has 2 aromatic rings. The highest BCUT2D eigenvalue weighted by atomic mass is 19.2. The maximum atomic E-state index is 13.8. The molecule has 0 aromatic heterocycles. The largest absolute Gasteiger partial charge is 0.203 e. The normalized spacial score (nSPS) is 9.83. The molecule has 2 rings (SSSR count). The van der Waals surface area contributed by atoms with E-state index in [1.54, 1.807) is 36.4 Å². The molecular weight excluding hydrogens is 232 g/mol. The summed E-state index contributed by atoms with van der Waals surface area (Å²) >= 11 is 0. The first kappa shape index (κ1) is 12.0. The van der Waals surface area contributed by atoms with Crippen LogP contribution in [0.15, 0.2) is 43.0 Å². The summed E-state index contributed by atoms with van der Waals surface area (Å²) in [5.74, 6) is -2.11. The molecule has 0 N–H and O–H groups in total. The molecule has 1 nitrogen and oxygen atoms in total. The Hall–Kier alpha value is -2.47. The molecule has 0 spiro atoms. The van der Waals surface area contributed by atoms with Gasteiger partial charge in [-0.3, -0.25) is 0 Å². The van der Waals surface area contributed by atoms with E-state index in [0.717, 1.165) is 5.56 Å². The van der Waals surface area contributed by atoms with Crippen LogP contribution in [0.1, 0.15) is 11.1 Å². The van der Waals surface area contributed by atoms with Crippen molar-refractivity contribution in [2.75, 3.05) is 0 Å². The van der Waals surface area contributed by atoms with Gasteiger partial charge in [-0.05, 0) is 23.3 Å². The van der Waals surface area contributed by atoms with Gasteiger partial charge in [0.2, 0.25) is 0 Å². The maximum Gasteiger partial charge on any atom is 0.177 e. The molecule has 0 fully saturated rings. The average molecular weight is 241 g/mol. The van der Waals surface area contributed by atoms with Crippen LogP contribution in [0.4, 0.5) is 8.78 Å². The molecule has 0 atom stereocenters. The lowest BCUT2D eigenvalue weighted by Crippen LogP contribution is -1.93. The minimum absolute atomic E-state index is 0.141. The molecule has 0 saturated heterocycles. The molecule has 0 heterocycles.